The molecule has 2 unspecified atom stereocenters. The minimum atomic E-state index is -1.08. The standard InChI is InChI=1S/C30H40ClN3O4/c1-5-30(2,29(36)32-24-17-25(37-3)19-26(18-24)38-4)34(28(35)21-11-13-23(31)14-12-21)20-22-9-8-16-33-15-7-6-10-27(22)33/h11-14,17-19,22,27H,5-10,15-16,20H2,1-4H3,(H,32,36)/t22?,27-,30?/m1/s1. The number of ether oxygens (including phenoxy) is 2. The third-order valence-electron chi connectivity index (χ3n) is 8.36. The van der Waals surface area contributed by atoms with Gasteiger partial charge in [-0.1, -0.05) is 24.9 Å². The Balaban J connectivity index is 1.67. The van der Waals surface area contributed by atoms with Gasteiger partial charge >= 0.3 is 0 Å². The molecule has 2 saturated heterocycles. The molecule has 2 aromatic carbocycles. The van der Waals surface area contributed by atoms with Crippen LogP contribution in [0.1, 0.15) is 62.7 Å². The number of carbonyl (C=O) groups is 2. The molecule has 1 N–H and O–H groups in total. The fraction of sp³-hybridized carbons (Fsp3) is 0.533. The van der Waals surface area contributed by atoms with Crippen molar-refractivity contribution in [2.75, 3.05) is 39.2 Å². The molecule has 38 heavy (non-hydrogen) atoms. The number of amides is 2. The van der Waals surface area contributed by atoms with Crippen molar-refractivity contribution in [1.82, 2.24) is 9.80 Å². The zero-order chi connectivity index (χ0) is 27.3. The zero-order valence-corrected chi connectivity index (χ0v) is 23.7. The molecule has 0 spiro atoms. The van der Waals surface area contributed by atoms with Crippen LogP contribution < -0.4 is 14.8 Å². The zero-order valence-electron chi connectivity index (χ0n) is 23.0. The fourth-order valence-corrected chi connectivity index (χ4v) is 6.03. The second-order valence-corrected chi connectivity index (χ2v) is 11.0. The van der Waals surface area contributed by atoms with Gasteiger partial charge in [0, 0.05) is 47.1 Å². The summed E-state index contributed by atoms with van der Waals surface area (Å²) >= 11 is 6.12. The molecule has 3 atom stereocenters. The van der Waals surface area contributed by atoms with E-state index in [-0.39, 0.29) is 11.8 Å². The van der Waals surface area contributed by atoms with Gasteiger partial charge in [0.15, 0.2) is 0 Å². The first-order chi connectivity index (χ1) is 18.3. The molecule has 0 saturated carbocycles. The van der Waals surface area contributed by atoms with Crippen LogP contribution in [0.25, 0.3) is 0 Å². The largest absolute Gasteiger partial charge is 0.497 e. The minimum absolute atomic E-state index is 0.155. The lowest BCUT2D eigenvalue weighted by atomic mass is 9.81. The van der Waals surface area contributed by atoms with E-state index >= 15 is 0 Å². The van der Waals surface area contributed by atoms with Crippen LogP contribution in [0, 0.1) is 5.92 Å². The number of hydrogen-bond acceptors (Lipinski definition) is 5. The summed E-state index contributed by atoms with van der Waals surface area (Å²) in [5.74, 6) is 1.07. The summed E-state index contributed by atoms with van der Waals surface area (Å²) in [7, 11) is 3.14. The lowest BCUT2D eigenvalue weighted by molar-refractivity contribution is -0.126. The molecule has 4 rings (SSSR count). The average molecular weight is 542 g/mol. The number of rotatable bonds is 9. The van der Waals surface area contributed by atoms with E-state index < -0.39 is 5.54 Å². The van der Waals surface area contributed by atoms with Gasteiger partial charge in [0.2, 0.25) is 5.91 Å². The molecular formula is C30H40ClN3O4. The maximum Gasteiger partial charge on any atom is 0.254 e. The number of methoxy groups -OCH3 is 2. The molecule has 0 bridgehead atoms. The molecule has 206 valence electrons. The number of carbonyl (C=O) groups excluding carboxylic acids is 2. The van der Waals surface area contributed by atoms with Crippen molar-refractivity contribution in [3.63, 3.8) is 0 Å². The van der Waals surface area contributed by atoms with Gasteiger partial charge in [0.05, 0.1) is 14.2 Å². The predicted octanol–water partition coefficient (Wildman–Crippen LogP) is 5.87. The van der Waals surface area contributed by atoms with E-state index in [2.05, 4.69) is 10.2 Å². The summed E-state index contributed by atoms with van der Waals surface area (Å²) in [6.45, 7) is 6.60. The number of hydrogen-bond donors (Lipinski definition) is 1. The van der Waals surface area contributed by atoms with Crippen LogP contribution in [0.5, 0.6) is 11.5 Å². The molecule has 2 heterocycles. The Kier molecular flexibility index (Phi) is 9.21. The van der Waals surface area contributed by atoms with Crippen molar-refractivity contribution in [2.45, 2.75) is 64.0 Å². The van der Waals surface area contributed by atoms with Crippen LogP contribution in [0.3, 0.4) is 0 Å². The van der Waals surface area contributed by atoms with E-state index in [4.69, 9.17) is 21.1 Å². The van der Waals surface area contributed by atoms with Gasteiger partial charge in [-0.2, -0.15) is 0 Å². The quantitative estimate of drug-likeness (QED) is 0.430. The van der Waals surface area contributed by atoms with Crippen LogP contribution in [0.15, 0.2) is 42.5 Å². The Morgan fingerprint density at radius 1 is 1.03 bits per heavy atom. The molecule has 0 aromatic heterocycles. The van der Waals surface area contributed by atoms with Crippen LogP contribution in [0.4, 0.5) is 5.69 Å². The van der Waals surface area contributed by atoms with E-state index in [1.54, 1.807) is 56.7 Å². The second-order valence-electron chi connectivity index (χ2n) is 10.6. The summed E-state index contributed by atoms with van der Waals surface area (Å²) in [5, 5.41) is 3.62. The fourth-order valence-electron chi connectivity index (χ4n) is 5.90. The maximum atomic E-state index is 14.1. The molecular weight excluding hydrogens is 502 g/mol. The van der Waals surface area contributed by atoms with E-state index in [1.807, 2.05) is 18.7 Å². The molecule has 0 radical (unpaired) electrons. The Morgan fingerprint density at radius 3 is 2.32 bits per heavy atom. The van der Waals surface area contributed by atoms with E-state index in [0.717, 1.165) is 32.4 Å². The average Bonchev–Trinajstić information content (AvgIpc) is 2.95. The SMILES string of the molecule is CCC(C)(C(=O)Nc1cc(OC)cc(OC)c1)N(CC1CCCN2CCCC[C@H]12)C(=O)c1ccc(Cl)cc1. The molecule has 8 heteroatoms. The van der Waals surface area contributed by atoms with Crippen LogP contribution in [-0.2, 0) is 4.79 Å². The maximum absolute atomic E-state index is 14.1. The van der Waals surface area contributed by atoms with E-state index in [9.17, 15) is 9.59 Å². The summed E-state index contributed by atoms with van der Waals surface area (Å²) in [6, 6.07) is 12.6. The topological polar surface area (TPSA) is 71.1 Å². The Hall–Kier alpha value is -2.77. The molecule has 0 aliphatic carbocycles. The van der Waals surface area contributed by atoms with Crippen molar-refractivity contribution in [3.05, 3.63) is 53.1 Å². The van der Waals surface area contributed by atoms with Gasteiger partial charge in [-0.25, -0.2) is 0 Å². The normalized spacial score (nSPS) is 21.1. The highest BCUT2D eigenvalue weighted by molar-refractivity contribution is 6.30. The van der Waals surface area contributed by atoms with Gasteiger partial charge in [-0.3, -0.25) is 9.59 Å². The lowest BCUT2D eigenvalue weighted by Gasteiger charge is -2.48. The summed E-state index contributed by atoms with van der Waals surface area (Å²) in [4.78, 5) is 32.5. The molecule has 2 aromatic rings. The molecule has 7 nitrogen and oxygen atoms in total. The Bertz CT molecular complexity index is 1100. The van der Waals surface area contributed by atoms with Crippen molar-refractivity contribution >= 4 is 29.1 Å². The lowest BCUT2D eigenvalue weighted by Crippen LogP contribution is -2.60. The monoisotopic (exact) mass is 541 g/mol. The number of piperidine rings is 2. The number of halogens is 1. The van der Waals surface area contributed by atoms with Gasteiger partial charge in [-0.15, -0.1) is 0 Å². The number of benzene rings is 2. The molecule has 2 aliphatic rings. The highest BCUT2D eigenvalue weighted by Gasteiger charge is 2.44. The molecule has 2 fully saturated rings. The highest BCUT2D eigenvalue weighted by atomic mass is 35.5. The van der Waals surface area contributed by atoms with Gasteiger partial charge < -0.3 is 24.6 Å². The Labute approximate surface area is 231 Å². The summed E-state index contributed by atoms with van der Waals surface area (Å²) < 4.78 is 10.8. The first kappa shape index (κ1) is 28.2. The first-order valence-electron chi connectivity index (χ1n) is 13.6. The number of fused-ring (bicyclic) bond motifs is 1. The number of nitrogens with one attached hydrogen (secondary N) is 1. The van der Waals surface area contributed by atoms with Gasteiger partial charge in [0.25, 0.3) is 5.91 Å². The molecule has 2 aliphatic heterocycles. The molecule has 2 amide bonds. The second kappa shape index (κ2) is 12.4. The van der Waals surface area contributed by atoms with Crippen molar-refractivity contribution < 1.29 is 19.1 Å². The van der Waals surface area contributed by atoms with Crippen molar-refractivity contribution in [1.29, 1.82) is 0 Å². The smallest absolute Gasteiger partial charge is 0.254 e. The van der Waals surface area contributed by atoms with Crippen molar-refractivity contribution in [2.24, 2.45) is 5.92 Å². The summed E-state index contributed by atoms with van der Waals surface area (Å²) in [5.41, 5.74) is 0.00591. The highest BCUT2D eigenvalue weighted by Crippen LogP contribution is 2.35. The Morgan fingerprint density at radius 2 is 1.68 bits per heavy atom. The van der Waals surface area contributed by atoms with Crippen LogP contribution >= 0.6 is 11.6 Å². The van der Waals surface area contributed by atoms with E-state index in [1.165, 1.54) is 12.8 Å². The van der Waals surface area contributed by atoms with Gasteiger partial charge in [-0.05, 0) is 82.3 Å². The minimum Gasteiger partial charge on any atom is -0.497 e. The summed E-state index contributed by atoms with van der Waals surface area (Å²) in [6.07, 6.45) is 6.22. The van der Waals surface area contributed by atoms with Crippen LogP contribution in [-0.4, -0.2) is 67.0 Å². The van der Waals surface area contributed by atoms with E-state index in [0.29, 0.717) is 52.7 Å². The van der Waals surface area contributed by atoms with Gasteiger partial charge in [0.1, 0.15) is 17.0 Å². The third kappa shape index (κ3) is 6.10. The first-order valence-corrected chi connectivity index (χ1v) is 14.0. The number of anilines is 1. The number of nitrogens with zero attached hydrogens (tertiary/aromatic N) is 2. The third-order valence-corrected chi connectivity index (χ3v) is 8.62. The van der Waals surface area contributed by atoms with Crippen molar-refractivity contribution in [3.8, 4) is 11.5 Å². The van der Waals surface area contributed by atoms with Crippen LogP contribution in [0.2, 0.25) is 5.02 Å². The predicted molar refractivity (Wildman–Crippen MR) is 151 cm³/mol.